The molecule has 24 heavy (non-hydrogen) atoms. The molecule has 0 aromatic heterocycles. The molecule has 2 fully saturated rings. The van der Waals surface area contributed by atoms with E-state index < -0.39 is 0 Å². The SMILES string of the molecule is O=C(NC1CCCCC1)[C@H]1CCCN1C(=O)Cc1ccc(Cl)cc1. The smallest absolute Gasteiger partial charge is 0.243 e. The monoisotopic (exact) mass is 348 g/mol. The molecule has 1 atom stereocenters. The van der Waals surface area contributed by atoms with E-state index in [0.29, 0.717) is 24.0 Å². The number of halogens is 1. The van der Waals surface area contributed by atoms with Crippen LogP contribution in [-0.2, 0) is 16.0 Å². The molecule has 5 heteroatoms. The molecule has 4 nitrogen and oxygen atoms in total. The van der Waals surface area contributed by atoms with Crippen molar-refractivity contribution in [3.05, 3.63) is 34.9 Å². The zero-order chi connectivity index (χ0) is 16.9. The highest BCUT2D eigenvalue weighted by Crippen LogP contribution is 2.22. The Balaban J connectivity index is 1.58. The molecule has 3 rings (SSSR count). The molecule has 1 aliphatic carbocycles. The van der Waals surface area contributed by atoms with Crippen LogP contribution in [0.4, 0.5) is 0 Å². The van der Waals surface area contributed by atoms with E-state index in [4.69, 9.17) is 11.6 Å². The fraction of sp³-hybridized carbons (Fsp3) is 0.579. The molecule has 2 aliphatic rings. The maximum atomic E-state index is 12.6. The molecule has 1 aromatic rings. The van der Waals surface area contributed by atoms with Crippen LogP contribution in [0.25, 0.3) is 0 Å². The van der Waals surface area contributed by atoms with Gasteiger partial charge in [-0.25, -0.2) is 0 Å². The van der Waals surface area contributed by atoms with Crippen molar-refractivity contribution in [2.75, 3.05) is 6.54 Å². The molecule has 1 aromatic carbocycles. The Morgan fingerprint density at radius 3 is 2.46 bits per heavy atom. The number of benzene rings is 1. The minimum absolute atomic E-state index is 0.0265. The third kappa shape index (κ3) is 4.29. The number of nitrogens with zero attached hydrogens (tertiary/aromatic N) is 1. The van der Waals surface area contributed by atoms with Crippen LogP contribution in [0.2, 0.25) is 5.02 Å². The van der Waals surface area contributed by atoms with Crippen molar-refractivity contribution in [1.82, 2.24) is 10.2 Å². The van der Waals surface area contributed by atoms with E-state index in [9.17, 15) is 9.59 Å². The highest BCUT2D eigenvalue weighted by Gasteiger charge is 2.34. The lowest BCUT2D eigenvalue weighted by Gasteiger charge is -2.28. The molecule has 0 unspecified atom stereocenters. The first-order chi connectivity index (χ1) is 11.6. The average Bonchev–Trinajstić information content (AvgIpc) is 3.08. The molecule has 2 amide bonds. The standard InChI is InChI=1S/C19H25ClN2O2/c20-15-10-8-14(9-11-15)13-18(23)22-12-4-7-17(22)19(24)21-16-5-2-1-3-6-16/h8-11,16-17H,1-7,12-13H2,(H,21,24)/t17-/m1/s1. The zero-order valence-electron chi connectivity index (χ0n) is 14.0. The predicted molar refractivity (Wildman–Crippen MR) is 94.9 cm³/mol. The lowest BCUT2D eigenvalue weighted by atomic mass is 9.95. The van der Waals surface area contributed by atoms with Crippen LogP contribution in [0, 0.1) is 0 Å². The number of carbonyl (C=O) groups excluding carboxylic acids is 2. The van der Waals surface area contributed by atoms with Crippen molar-refractivity contribution in [3.8, 4) is 0 Å². The number of nitrogens with one attached hydrogen (secondary N) is 1. The molecule has 1 saturated heterocycles. The summed E-state index contributed by atoms with van der Waals surface area (Å²) >= 11 is 5.88. The largest absolute Gasteiger partial charge is 0.352 e. The van der Waals surface area contributed by atoms with E-state index in [1.165, 1.54) is 19.3 Å². The van der Waals surface area contributed by atoms with Crippen molar-refractivity contribution >= 4 is 23.4 Å². The quantitative estimate of drug-likeness (QED) is 0.907. The summed E-state index contributed by atoms with van der Waals surface area (Å²) in [7, 11) is 0. The summed E-state index contributed by atoms with van der Waals surface area (Å²) in [6.07, 6.45) is 7.77. The summed E-state index contributed by atoms with van der Waals surface area (Å²) in [5.74, 6) is 0.0578. The highest BCUT2D eigenvalue weighted by atomic mass is 35.5. The van der Waals surface area contributed by atoms with E-state index in [1.54, 1.807) is 17.0 Å². The number of rotatable bonds is 4. The van der Waals surface area contributed by atoms with Crippen LogP contribution in [0.5, 0.6) is 0 Å². The summed E-state index contributed by atoms with van der Waals surface area (Å²) in [6, 6.07) is 7.32. The second-order valence-electron chi connectivity index (χ2n) is 6.89. The molecule has 0 spiro atoms. The normalized spacial score (nSPS) is 21.7. The topological polar surface area (TPSA) is 49.4 Å². The van der Waals surface area contributed by atoms with Crippen molar-refractivity contribution in [1.29, 1.82) is 0 Å². The van der Waals surface area contributed by atoms with Gasteiger partial charge in [0, 0.05) is 17.6 Å². The van der Waals surface area contributed by atoms with Crippen LogP contribution in [0.15, 0.2) is 24.3 Å². The third-order valence-electron chi connectivity index (χ3n) is 5.10. The number of hydrogen-bond donors (Lipinski definition) is 1. The Morgan fingerprint density at radius 2 is 1.75 bits per heavy atom. The summed E-state index contributed by atoms with van der Waals surface area (Å²) in [6.45, 7) is 0.676. The Kier molecular flexibility index (Phi) is 5.77. The lowest BCUT2D eigenvalue weighted by molar-refractivity contribution is -0.138. The van der Waals surface area contributed by atoms with Crippen molar-refractivity contribution < 1.29 is 9.59 Å². The third-order valence-corrected chi connectivity index (χ3v) is 5.35. The van der Waals surface area contributed by atoms with Gasteiger partial charge in [-0.2, -0.15) is 0 Å². The summed E-state index contributed by atoms with van der Waals surface area (Å²) < 4.78 is 0. The van der Waals surface area contributed by atoms with E-state index >= 15 is 0 Å². The van der Waals surface area contributed by atoms with Crippen LogP contribution in [0.3, 0.4) is 0 Å². The average molecular weight is 349 g/mol. The van der Waals surface area contributed by atoms with Gasteiger partial charge in [0.25, 0.3) is 0 Å². The van der Waals surface area contributed by atoms with E-state index in [0.717, 1.165) is 31.2 Å². The fourth-order valence-corrected chi connectivity index (χ4v) is 3.89. The Labute approximate surface area is 148 Å². The second-order valence-corrected chi connectivity index (χ2v) is 7.33. The van der Waals surface area contributed by atoms with Gasteiger partial charge in [-0.05, 0) is 43.4 Å². The number of amides is 2. The van der Waals surface area contributed by atoms with Crippen molar-refractivity contribution in [2.45, 2.75) is 63.5 Å². The molecule has 0 bridgehead atoms. The van der Waals surface area contributed by atoms with Crippen LogP contribution in [0.1, 0.15) is 50.5 Å². The van der Waals surface area contributed by atoms with Gasteiger partial charge in [0.15, 0.2) is 0 Å². The van der Waals surface area contributed by atoms with Gasteiger partial charge in [0.1, 0.15) is 6.04 Å². The second kappa shape index (κ2) is 8.02. The number of carbonyl (C=O) groups is 2. The first-order valence-electron chi connectivity index (χ1n) is 8.98. The summed E-state index contributed by atoms with van der Waals surface area (Å²) in [5.41, 5.74) is 0.933. The van der Waals surface area contributed by atoms with Crippen molar-refractivity contribution in [2.24, 2.45) is 0 Å². The molecule has 1 N–H and O–H groups in total. The van der Waals surface area contributed by atoms with Gasteiger partial charge in [-0.1, -0.05) is 43.0 Å². The molecule has 1 heterocycles. The molecule has 0 radical (unpaired) electrons. The summed E-state index contributed by atoms with van der Waals surface area (Å²) in [5, 5.41) is 3.83. The van der Waals surface area contributed by atoms with Gasteiger partial charge in [-0.15, -0.1) is 0 Å². The minimum Gasteiger partial charge on any atom is -0.352 e. The Hall–Kier alpha value is -1.55. The highest BCUT2D eigenvalue weighted by molar-refractivity contribution is 6.30. The number of hydrogen-bond acceptors (Lipinski definition) is 2. The maximum absolute atomic E-state index is 12.6. The number of likely N-dealkylation sites (tertiary alicyclic amines) is 1. The van der Waals surface area contributed by atoms with Gasteiger partial charge in [0.05, 0.1) is 6.42 Å². The molecule has 1 aliphatic heterocycles. The van der Waals surface area contributed by atoms with E-state index in [2.05, 4.69) is 5.32 Å². The lowest BCUT2D eigenvalue weighted by Crippen LogP contribution is -2.49. The van der Waals surface area contributed by atoms with Gasteiger partial charge >= 0.3 is 0 Å². The fourth-order valence-electron chi connectivity index (χ4n) is 3.76. The van der Waals surface area contributed by atoms with Crippen LogP contribution >= 0.6 is 11.6 Å². The maximum Gasteiger partial charge on any atom is 0.243 e. The van der Waals surface area contributed by atoms with Crippen LogP contribution < -0.4 is 5.32 Å². The Bertz CT molecular complexity index is 582. The van der Waals surface area contributed by atoms with Crippen molar-refractivity contribution in [3.63, 3.8) is 0 Å². The molecular weight excluding hydrogens is 324 g/mol. The first kappa shape index (κ1) is 17.3. The first-order valence-corrected chi connectivity index (χ1v) is 9.35. The van der Waals surface area contributed by atoms with Gasteiger partial charge < -0.3 is 10.2 Å². The van der Waals surface area contributed by atoms with E-state index in [-0.39, 0.29) is 17.9 Å². The Morgan fingerprint density at radius 1 is 1.04 bits per heavy atom. The van der Waals surface area contributed by atoms with Crippen LogP contribution in [-0.4, -0.2) is 35.3 Å². The molecule has 1 saturated carbocycles. The zero-order valence-corrected chi connectivity index (χ0v) is 14.7. The van der Waals surface area contributed by atoms with Gasteiger partial charge in [-0.3, -0.25) is 9.59 Å². The minimum atomic E-state index is -0.299. The van der Waals surface area contributed by atoms with Gasteiger partial charge in [0.2, 0.25) is 11.8 Å². The van der Waals surface area contributed by atoms with E-state index in [1.807, 2.05) is 12.1 Å². The molecule has 130 valence electrons. The summed E-state index contributed by atoms with van der Waals surface area (Å²) in [4.78, 5) is 27.0. The molecular formula is C19H25ClN2O2. The predicted octanol–water partition coefficient (Wildman–Crippen LogP) is 3.32.